The van der Waals surface area contributed by atoms with Crippen LogP contribution in [0.3, 0.4) is 0 Å². The molecule has 0 radical (unpaired) electrons. The van der Waals surface area contributed by atoms with E-state index in [1.54, 1.807) is 0 Å². The Labute approximate surface area is 117 Å². The molecule has 104 valence electrons. The molecule has 0 saturated carbocycles. The Bertz CT molecular complexity index is 621. The zero-order chi connectivity index (χ0) is 14.8. The zero-order valence-corrected chi connectivity index (χ0v) is 10.7. The van der Waals surface area contributed by atoms with E-state index in [4.69, 9.17) is 16.3 Å². The van der Waals surface area contributed by atoms with Crippen LogP contribution >= 0.6 is 11.6 Å². The second-order valence-electron chi connectivity index (χ2n) is 3.93. The summed E-state index contributed by atoms with van der Waals surface area (Å²) in [4.78, 5) is 10.6. The van der Waals surface area contributed by atoms with E-state index < -0.39 is 11.7 Å². The van der Waals surface area contributed by atoms with Gasteiger partial charge in [-0.2, -0.15) is 13.2 Å². The second kappa shape index (κ2) is 5.54. The van der Waals surface area contributed by atoms with Crippen molar-refractivity contribution < 1.29 is 22.7 Å². The number of rotatable bonds is 3. The summed E-state index contributed by atoms with van der Waals surface area (Å²) in [6, 6.07) is 9.03. The van der Waals surface area contributed by atoms with Gasteiger partial charge in [-0.25, -0.2) is 0 Å². The molecule has 0 bridgehead atoms. The van der Waals surface area contributed by atoms with Crippen molar-refractivity contribution in [2.24, 2.45) is 0 Å². The minimum atomic E-state index is -4.61. The molecule has 2 aromatic rings. The molecule has 0 saturated heterocycles. The lowest BCUT2D eigenvalue weighted by Gasteiger charge is -2.14. The highest BCUT2D eigenvalue weighted by atomic mass is 35.5. The Morgan fingerprint density at radius 1 is 1.05 bits per heavy atom. The van der Waals surface area contributed by atoms with Crippen LogP contribution in [0.1, 0.15) is 15.9 Å². The van der Waals surface area contributed by atoms with Crippen molar-refractivity contribution in [1.82, 2.24) is 0 Å². The lowest BCUT2D eigenvalue weighted by atomic mass is 10.1. The first-order valence-corrected chi connectivity index (χ1v) is 5.88. The summed E-state index contributed by atoms with van der Waals surface area (Å²) in [6.45, 7) is 0. The third-order valence-electron chi connectivity index (χ3n) is 2.49. The number of benzene rings is 2. The van der Waals surface area contributed by atoms with E-state index in [1.807, 2.05) is 0 Å². The van der Waals surface area contributed by atoms with Crippen molar-refractivity contribution in [1.29, 1.82) is 0 Å². The fourth-order valence-electron chi connectivity index (χ4n) is 1.56. The zero-order valence-electron chi connectivity index (χ0n) is 9.95. The highest BCUT2D eigenvalue weighted by Crippen LogP contribution is 2.38. The molecule has 0 aromatic heterocycles. The average molecular weight is 301 g/mol. The first-order valence-electron chi connectivity index (χ1n) is 5.50. The van der Waals surface area contributed by atoms with Gasteiger partial charge in [0.25, 0.3) is 0 Å². The van der Waals surface area contributed by atoms with Gasteiger partial charge >= 0.3 is 6.18 Å². The van der Waals surface area contributed by atoms with Crippen molar-refractivity contribution in [3.05, 3.63) is 58.6 Å². The highest BCUT2D eigenvalue weighted by Gasteiger charge is 2.34. The lowest BCUT2D eigenvalue weighted by molar-refractivity contribution is -0.138. The minimum absolute atomic E-state index is 0.0687. The van der Waals surface area contributed by atoms with Gasteiger partial charge in [0.2, 0.25) is 0 Å². The van der Waals surface area contributed by atoms with Gasteiger partial charge in [-0.3, -0.25) is 4.79 Å². The summed E-state index contributed by atoms with van der Waals surface area (Å²) in [5.41, 5.74) is -1.07. The molecule has 0 amide bonds. The van der Waals surface area contributed by atoms with Crippen molar-refractivity contribution in [2.45, 2.75) is 6.18 Å². The third kappa shape index (κ3) is 3.30. The molecule has 0 N–H and O–H groups in total. The molecule has 0 aliphatic heterocycles. The quantitative estimate of drug-likeness (QED) is 0.749. The molecule has 2 nitrogen and oxygen atoms in total. The number of carbonyl (C=O) groups excluding carboxylic acids is 1. The highest BCUT2D eigenvalue weighted by molar-refractivity contribution is 6.30. The van der Waals surface area contributed by atoms with Gasteiger partial charge in [0.15, 0.2) is 0 Å². The monoisotopic (exact) mass is 300 g/mol. The van der Waals surface area contributed by atoms with E-state index in [0.717, 1.165) is 12.1 Å². The van der Waals surface area contributed by atoms with E-state index in [1.165, 1.54) is 30.3 Å². The molecule has 0 atom stereocenters. The van der Waals surface area contributed by atoms with E-state index in [2.05, 4.69) is 0 Å². The Balaban J connectivity index is 2.40. The maximum Gasteiger partial charge on any atom is 0.420 e. The maximum absolute atomic E-state index is 12.9. The molecular weight excluding hydrogens is 293 g/mol. The largest absolute Gasteiger partial charge is 0.457 e. The van der Waals surface area contributed by atoms with Crippen LogP contribution in [0, 0.1) is 0 Å². The minimum Gasteiger partial charge on any atom is -0.457 e. The van der Waals surface area contributed by atoms with Crippen LogP contribution in [-0.4, -0.2) is 6.29 Å². The molecule has 0 fully saturated rings. The number of hydrogen-bond acceptors (Lipinski definition) is 2. The van der Waals surface area contributed by atoms with Crippen LogP contribution < -0.4 is 4.74 Å². The van der Waals surface area contributed by atoms with Gasteiger partial charge in [0, 0.05) is 10.6 Å². The summed E-state index contributed by atoms with van der Waals surface area (Å²) in [7, 11) is 0. The van der Waals surface area contributed by atoms with Crippen molar-refractivity contribution >= 4 is 17.9 Å². The Kier molecular flexibility index (Phi) is 3.99. The molecule has 6 heteroatoms. The van der Waals surface area contributed by atoms with Crippen molar-refractivity contribution in [3.63, 3.8) is 0 Å². The fourth-order valence-corrected chi connectivity index (χ4v) is 1.69. The van der Waals surface area contributed by atoms with E-state index in [-0.39, 0.29) is 17.1 Å². The van der Waals surface area contributed by atoms with Gasteiger partial charge < -0.3 is 4.74 Å². The third-order valence-corrected chi connectivity index (χ3v) is 2.74. The molecule has 0 aliphatic rings. The first kappa shape index (κ1) is 14.4. The van der Waals surface area contributed by atoms with Crippen LogP contribution in [0.25, 0.3) is 0 Å². The van der Waals surface area contributed by atoms with Crippen molar-refractivity contribution in [3.8, 4) is 11.5 Å². The number of alkyl halides is 3. The first-order chi connectivity index (χ1) is 9.40. The van der Waals surface area contributed by atoms with Gasteiger partial charge in [0.1, 0.15) is 17.8 Å². The molecule has 2 aromatic carbocycles. The number of ether oxygens (including phenoxy) is 1. The molecular formula is C14H8ClF3O2. The van der Waals surface area contributed by atoms with Gasteiger partial charge in [-0.05, 0) is 42.5 Å². The molecule has 0 unspecified atom stereocenters. The van der Waals surface area contributed by atoms with Crippen LogP contribution in [0.5, 0.6) is 11.5 Å². The van der Waals surface area contributed by atoms with Gasteiger partial charge in [-0.1, -0.05) is 11.6 Å². The van der Waals surface area contributed by atoms with Crippen LogP contribution in [0.4, 0.5) is 13.2 Å². The summed E-state index contributed by atoms with van der Waals surface area (Å²) >= 11 is 5.68. The van der Waals surface area contributed by atoms with E-state index in [9.17, 15) is 18.0 Å². The van der Waals surface area contributed by atoms with Crippen molar-refractivity contribution in [2.75, 3.05) is 0 Å². The standard InChI is InChI=1S/C14H8ClF3O2/c15-10-2-4-11(5-3-10)20-13-6-1-9(8-19)7-12(13)14(16,17)18/h1-8H. The summed E-state index contributed by atoms with van der Waals surface area (Å²) < 4.78 is 43.9. The Hall–Kier alpha value is -2.01. The fraction of sp³-hybridized carbons (Fsp3) is 0.0714. The van der Waals surface area contributed by atoms with Crippen LogP contribution in [-0.2, 0) is 6.18 Å². The summed E-state index contributed by atoms with van der Waals surface area (Å²) in [6.07, 6.45) is -4.26. The van der Waals surface area contributed by atoms with Crippen LogP contribution in [0.15, 0.2) is 42.5 Å². The van der Waals surface area contributed by atoms with Crippen LogP contribution in [0.2, 0.25) is 5.02 Å². The number of aldehydes is 1. The topological polar surface area (TPSA) is 26.3 Å². The summed E-state index contributed by atoms with van der Waals surface area (Å²) in [5, 5.41) is 0.449. The molecule has 2 rings (SSSR count). The maximum atomic E-state index is 12.9. The predicted molar refractivity (Wildman–Crippen MR) is 68.4 cm³/mol. The Morgan fingerprint density at radius 2 is 1.70 bits per heavy atom. The smallest absolute Gasteiger partial charge is 0.420 e. The summed E-state index contributed by atoms with van der Waals surface area (Å²) in [5.74, 6) is -0.149. The normalized spacial score (nSPS) is 11.2. The number of hydrogen-bond donors (Lipinski definition) is 0. The Morgan fingerprint density at radius 3 is 2.25 bits per heavy atom. The predicted octanol–water partition coefficient (Wildman–Crippen LogP) is 4.96. The molecule has 0 spiro atoms. The molecule has 0 heterocycles. The second-order valence-corrected chi connectivity index (χ2v) is 4.36. The van der Waals surface area contributed by atoms with Gasteiger partial charge in [-0.15, -0.1) is 0 Å². The van der Waals surface area contributed by atoms with E-state index >= 15 is 0 Å². The average Bonchev–Trinajstić information content (AvgIpc) is 2.40. The molecule has 0 aliphatic carbocycles. The SMILES string of the molecule is O=Cc1ccc(Oc2ccc(Cl)cc2)c(C(F)(F)F)c1. The molecule has 20 heavy (non-hydrogen) atoms. The number of halogens is 4. The number of carbonyl (C=O) groups is 1. The van der Waals surface area contributed by atoms with Gasteiger partial charge in [0.05, 0.1) is 5.56 Å². The van der Waals surface area contributed by atoms with E-state index in [0.29, 0.717) is 11.3 Å². The lowest BCUT2D eigenvalue weighted by Crippen LogP contribution is -2.08.